The Morgan fingerprint density at radius 2 is 1.54 bits per heavy atom. The van der Waals surface area contributed by atoms with Crippen LogP contribution in [-0.4, -0.2) is 41.9 Å². The van der Waals surface area contributed by atoms with E-state index in [4.69, 9.17) is 15.9 Å². The summed E-state index contributed by atoms with van der Waals surface area (Å²) in [4.78, 5) is 60.7. The van der Waals surface area contributed by atoms with Crippen molar-refractivity contribution in [2.45, 2.75) is 12.0 Å². The fourth-order valence-electron chi connectivity index (χ4n) is 4.41. The molecule has 1 aliphatic heterocycles. The van der Waals surface area contributed by atoms with E-state index in [1.807, 2.05) is 0 Å². The number of hydrogen-bond acceptors (Lipinski definition) is 9. The van der Waals surface area contributed by atoms with Gasteiger partial charge in [-0.05, 0) is 11.1 Å². The fourth-order valence-corrected chi connectivity index (χ4v) is 4.41. The van der Waals surface area contributed by atoms with Crippen LogP contribution in [0.1, 0.15) is 23.1 Å². The molecule has 1 saturated heterocycles. The van der Waals surface area contributed by atoms with Crippen molar-refractivity contribution in [3.05, 3.63) is 79.9 Å². The van der Waals surface area contributed by atoms with Crippen molar-refractivity contribution < 1.29 is 33.7 Å². The molecule has 0 aromatic heterocycles. The molecular weight excluding hydrogens is 462 g/mol. The minimum absolute atomic E-state index is 0.0308. The molecule has 1 fully saturated rings. The molecule has 1 N–H and O–H groups in total. The van der Waals surface area contributed by atoms with Gasteiger partial charge in [-0.2, -0.15) is 0 Å². The summed E-state index contributed by atoms with van der Waals surface area (Å²) >= 11 is 0. The first-order valence-electron chi connectivity index (χ1n) is 10.1. The maximum absolute atomic E-state index is 13.4. The number of methoxy groups -OCH3 is 2. The molecule has 2 aromatic carbocycles. The zero-order chi connectivity index (χ0) is 25.9. The van der Waals surface area contributed by atoms with E-state index in [2.05, 4.69) is 11.2 Å². The van der Waals surface area contributed by atoms with Crippen LogP contribution in [0.5, 0.6) is 0 Å². The second-order valence-electron chi connectivity index (χ2n) is 7.63. The minimum atomic E-state index is -2.15. The van der Waals surface area contributed by atoms with Crippen LogP contribution in [0.3, 0.4) is 0 Å². The molecule has 2 aromatic rings. The van der Waals surface area contributed by atoms with Crippen molar-refractivity contribution in [2.75, 3.05) is 14.2 Å². The Balaban J connectivity index is 2.39. The lowest BCUT2D eigenvalue weighted by Gasteiger charge is -2.47. The second-order valence-corrected chi connectivity index (χ2v) is 7.63. The van der Waals surface area contributed by atoms with Crippen LogP contribution < -0.4 is 5.32 Å². The Labute approximate surface area is 198 Å². The van der Waals surface area contributed by atoms with Gasteiger partial charge in [-0.25, -0.2) is 0 Å². The Hall–Kier alpha value is -4.79. The van der Waals surface area contributed by atoms with Crippen molar-refractivity contribution in [3.63, 3.8) is 0 Å². The lowest BCUT2D eigenvalue weighted by atomic mass is 9.58. The topological polar surface area (TPSA) is 168 Å². The monoisotopic (exact) mass is 481 g/mol. The van der Waals surface area contributed by atoms with Gasteiger partial charge in [0.15, 0.2) is 5.41 Å². The molecule has 0 spiro atoms. The van der Waals surface area contributed by atoms with Gasteiger partial charge in [0.2, 0.25) is 5.91 Å². The summed E-state index contributed by atoms with van der Waals surface area (Å²) in [5.41, 5.74) is -2.74. The third-order valence-corrected chi connectivity index (χ3v) is 5.92. The average Bonchev–Trinajstić information content (AvgIpc) is 2.87. The quantitative estimate of drug-likeness (QED) is 0.213. The van der Waals surface area contributed by atoms with Crippen LogP contribution in [0.25, 0.3) is 0 Å². The number of nitrogens with zero attached hydrogens (tertiary/aromatic N) is 2. The minimum Gasteiger partial charge on any atom is -0.468 e. The second kappa shape index (κ2) is 9.60. The number of terminal acetylenes is 1. The molecule has 12 heteroatoms. The first-order chi connectivity index (χ1) is 16.6. The largest absolute Gasteiger partial charge is 0.468 e. The number of carbonyl (C=O) groups is 3. The Kier molecular flexibility index (Phi) is 6.81. The summed E-state index contributed by atoms with van der Waals surface area (Å²) in [5, 5.41) is 25.3. The van der Waals surface area contributed by atoms with E-state index in [-0.39, 0.29) is 22.5 Å². The lowest BCUT2D eigenvalue weighted by Crippen LogP contribution is -2.60. The number of benzene rings is 2. The molecule has 4 unspecified atom stereocenters. The van der Waals surface area contributed by atoms with Crippen molar-refractivity contribution in [3.8, 4) is 12.3 Å². The Bertz CT molecular complexity index is 1270. The number of nitro benzene ring substituents is 2. The molecule has 4 atom stereocenters. The summed E-state index contributed by atoms with van der Waals surface area (Å²) in [6.45, 7) is 0. The van der Waals surface area contributed by atoms with Crippen LogP contribution >= 0.6 is 0 Å². The van der Waals surface area contributed by atoms with Crippen LogP contribution in [0.2, 0.25) is 0 Å². The average molecular weight is 481 g/mol. The van der Waals surface area contributed by atoms with Crippen LogP contribution in [0, 0.1) is 43.9 Å². The zero-order valence-corrected chi connectivity index (χ0v) is 18.5. The summed E-state index contributed by atoms with van der Waals surface area (Å²) < 4.78 is 9.78. The number of piperidine rings is 1. The smallest absolute Gasteiger partial charge is 0.327 e. The van der Waals surface area contributed by atoms with Crippen molar-refractivity contribution >= 4 is 29.2 Å². The van der Waals surface area contributed by atoms with E-state index in [1.165, 1.54) is 36.4 Å². The first-order valence-corrected chi connectivity index (χ1v) is 10.1. The normalized spacial score (nSPS) is 23.3. The van der Waals surface area contributed by atoms with Gasteiger partial charge < -0.3 is 14.8 Å². The van der Waals surface area contributed by atoms with Crippen molar-refractivity contribution in [2.24, 2.45) is 11.3 Å². The van der Waals surface area contributed by atoms with Crippen LogP contribution in [-0.2, 0) is 23.9 Å². The van der Waals surface area contributed by atoms with E-state index in [0.29, 0.717) is 0 Å². The number of nitro groups is 2. The lowest BCUT2D eigenvalue weighted by molar-refractivity contribution is -0.385. The number of hydrogen-bond donors (Lipinski definition) is 1. The fraction of sp³-hybridized carbons (Fsp3) is 0.261. The molecule has 0 aliphatic carbocycles. The summed E-state index contributed by atoms with van der Waals surface area (Å²) in [5.74, 6) is -3.78. The molecule has 0 radical (unpaired) electrons. The summed E-state index contributed by atoms with van der Waals surface area (Å²) in [6, 6.07) is 8.68. The molecule has 0 saturated carbocycles. The van der Waals surface area contributed by atoms with Gasteiger partial charge in [0, 0.05) is 30.2 Å². The highest BCUT2D eigenvalue weighted by Crippen LogP contribution is 2.54. The molecule has 3 rings (SSSR count). The van der Waals surface area contributed by atoms with E-state index in [9.17, 15) is 34.6 Å². The SMILES string of the molecule is C#CC1(C(=O)OC)C(c2cccc([N+](=O)[O-])c2)NC(=O)C(C(=O)OC)C1c1cccc([N+](=O)[O-])c1. The predicted molar refractivity (Wildman–Crippen MR) is 119 cm³/mol. The van der Waals surface area contributed by atoms with Gasteiger partial charge >= 0.3 is 11.9 Å². The molecule has 0 bridgehead atoms. The van der Waals surface area contributed by atoms with Gasteiger partial charge in [0.25, 0.3) is 11.4 Å². The number of nitrogens with one attached hydrogen (secondary N) is 1. The van der Waals surface area contributed by atoms with Gasteiger partial charge in [0.05, 0.1) is 30.1 Å². The molecule has 1 amide bonds. The predicted octanol–water partition coefficient (Wildman–Crippen LogP) is 2.04. The maximum atomic E-state index is 13.4. The maximum Gasteiger partial charge on any atom is 0.327 e. The van der Waals surface area contributed by atoms with Crippen LogP contribution in [0.4, 0.5) is 11.4 Å². The highest BCUT2D eigenvalue weighted by molar-refractivity contribution is 6.02. The van der Waals surface area contributed by atoms with Gasteiger partial charge in [-0.1, -0.05) is 30.2 Å². The molecule has 35 heavy (non-hydrogen) atoms. The number of rotatable bonds is 6. The number of carbonyl (C=O) groups excluding carboxylic acids is 3. The number of non-ortho nitro benzene ring substituents is 2. The van der Waals surface area contributed by atoms with E-state index in [0.717, 1.165) is 26.4 Å². The third kappa shape index (κ3) is 4.15. The zero-order valence-electron chi connectivity index (χ0n) is 18.5. The van der Waals surface area contributed by atoms with Crippen molar-refractivity contribution in [1.29, 1.82) is 0 Å². The highest BCUT2D eigenvalue weighted by Gasteiger charge is 2.63. The number of amides is 1. The Morgan fingerprint density at radius 3 is 2.03 bits per heavy atom. The standard InChI is InChI=1S/C23H19N3O9/c1-4-23(22(29)35-3)18(13-7-5-9-15(11-13)25(30)31)17(21(28)34-2)20(27)24-19(23)14-8-6-10-16(12-14)26(32)33/h1,5-12,17-19H,2-3H3,(H,24,27). The molecule has 1 aliphatic rings. The molecule has 180 valence electrons. The van der Waals surface area contributed by atoms with Crippen molar-refractivity contribution in [1.82, 2.24) is 5.32 Å². The van der Waals surface area contributed by atoms with E-state index < -0.39 is 51.0 Å². The van der Waals surface area contributed by atoms with Gasteiger partial charge in [-0.3, -0.25) is 34.6 Å². The number of esters is 2. The van der Waals surface area contributed by atoms with E-state index in [1.54, 1.807) is 0 Å². The first kappa shape index (κ1) is 24.8. The van der Waals surface area contributed by atoms with Gasteiger partial charge in [0.1, 0.15) is 5.92 Å². The molecule has 1 heterocycles. The summed E-state index contributed by atoms with van der Waals surface area (Å²) in [7, 11) is 2.07. The summed E-state index contributed by atoms with van der Waals surface area (Å²) in [6.07, 6.45) is 5.89. The van der Waals surface area contributed by atoms with Gasteiger partial charge in [-0.15, -0.1) is 6.42 Å². The third-order valence-electron chi connectivity index (χ3n) is 5.92. The van der Waals surface area contributed by atoms with E-state index >= 15 is 0 Å². The van der Waals surface area contributed by atoms with Crippen LogP contribution in [0.15, 0.2) is 48.5 Å². The highest BCUT2D eigenvalue weighted by atomic mass is 16.6. The number of ether oxygens (including phenoxy) is 2. The Morgan fingerprint density at radius 1 is 1.00 bits per heavy atom. The molecule has 12 nitrogen and oxygen atoms in total. The molecular formula is C23H19N3O9.